The molecule has 7 aromatic rings. The second-order valence-electron chi connectivity index (χ2n) is 15.9. The monoisotopic (exact) mass is 1310 g/mol. The third kappa shape index (κ3) is 15.5. The molecule has 10 N–H and O–H groups in total. The van der Waals surface area contributed by atoms with Gasteiger partial charge in [0.15, 0.2) is 28.5 Å². The summed E-state index contributed by atoms with van der Waals surface area (Å²) in [6.45, 7) is -0.152. The number of anilines is 5. The predicted molar refractivity (Wildman–Crippen MR) is 286 cm³/mol. The van der Waals surface area contributed by atoms with E-state index in [1.165, 1.54) is 12.1 Å². The zero-order valence-electron chi connectivity index (χ0n) is 39.8. The summed E-state index contributed by atoms with van der Waals surface area (Å²) in [6.07, 6.45) is 0. The summed E-state index contributed by atoms with van der Waals surface area (Å²) in [4.78, 5) is 19.7. The molecule has 1 atom stereocenters. The molecule has 1 heterocycles. The number of amides is 1. The lowest BCUT2D eigenvalue weighted by Gasteiger charge is -2.15. The van der Waals surface area contributed by atoms with Crippen LogP contribution in [0.1, 0.15) is 0 Å². The summed E-state index contributed by atoms with van der Waals surface area (Å²) in [5.74, 6) is -6.30. The van der Waals surface area contributed by atoms with Gasteiger partial charge in [0, 0.05) is 28.0 Å². The number of nitrogens with zero attached hydrogens (tertiary/aromatic N) is 7. The third-order valence-electron chi connectivity index (χ3n) is 10.3. The minimum absolute atomic E-state index is 0.0309. The molecule has 0 saturated heterocycles. The van der Waals surface area contributed by atoms with Crippen molar-refractivity contribution >= 4 is 174 Å². The number of phenolic OH excluding ortho intramolecular Hbond substituents is 2. The number of benzene rings is 6. The van der Waals surface area contributed by atoms with Gasteiger partial charge in [0.2, 0.25) is 32.9 Å². The molecule has 0 spiro atoms. The molecule has 1 unspecified atom stereocenters. The number of alkyl halides is 1. The number of carbonyl (C=O) groups is 1. The van der Waals surface area contributed by atoms with Crippen molar-refractivity contribution in [1.29, 1.82) is 0 Å². The minimum atomic E-state index is -5.39. The van der Waals surface area contributed by atoms with Gasteiger partial charge in [0.05, 0.1) is 27.8 Å². The van der Waals surface area contributed by atoms with E-state index in [-0.39, 0.29) is 40.3 Å². The number of hydrogen-bond acceptors (Lipinski definition) is 27. The molecule has 0 radical (unpaired) electrons. The van der Waals surface area contributed by atoms with E-state index >= 15 is 0 Å². The molecule has 33 nitrogen and oxygen atoms in total. The molecule has 1 amide bonds. The number of rotatable bonds is 22. The van der Waals surface area contributed by atoms with E-state index in [4.69, 9.17) is 31.9 Å². The Morgan fingerprint density at radius 2 is 1.20 bits per heavy atom. The molecule has 7 rings (SSSR count). The van der Waals surface area contributed by atoms with Gasteiger partial charge in [-0.1, -0.05) is 0 Å². The highest BCUT2D eigenvalue weighted by molar-refractivity contribution is 7.92. The van der Waals surface area contributed by atoms with Gasteiger partial charge in [-0.05, 0) is 107 Å². The lowest BCUT2D eigenvalue weighted by molar-refractivity contribution is -0.113. The number of nitrogens with one attached hydrogen (secondary N) is 3. The van der Waals surface area contributed by atoms with Gasteiger partial charge < -0.3 is 26.2 Å². The maximum atomic E-state index is 12.7. The SMILES string of the molecule is O=C(CS(=O)OCCCl)Nc1ccc(S(=O)(=O)O)c(N=Nc2c(S(=O)(=O)O)cc3cc(Nc4nc(Cl)nc(Nc5cc(S(=O)(=O)O)cc6cc(S(=O)(=O)O)c(N=Nc7ccc(S(=O)(=O)COS(=O)(=O)O)cc7)c(O)c56)n4)ccc3c2O)c1. The van der Waals surface area contributed by atoms with E-state index in [9.17, 15) is 87.9 Å². The van der Waals surface area contributed by atoms with Crippen LogP contribution in [0.25, 0.3) is 21.5 Å². The maximum Gasteiger partial charge on any atom is 0.398 e. The first-order chi connectivity index (χ1) is 38.0. The Labute approximate surface area is 473 Å². The number of hydrogen-bond donors (Lipinski definition) is 10. The highest BCUT2D eigenvalue weighted by Crippen LogP contribution is 2.47. The van der Waals surface area contributed by atoms with Crippen molar-refractivity contribution in [3.63, 3.8) is 0 Å². The van der Waals surface area contributed by atoms with Crippen LogP contribution in [-0.4, -0.2) is 133 Å². The van der Waals surface area contributed by atoms with Crippen molar-refractivity contribution in [3.8, 4) is 11.5 Å². The lowest BCUT2D eigenvalue weighted by atomic mass is 10.1. The van der Waals surface area contributed by atoms with Crippen molar-refractivity contribution in [2.24, 2.45) is 20.5 Å². The minimum Gasteiger partial charge on any atom is -0.505 e. The smallest absolute Gasteiger partial charge is 0.398 e. The summed E-state index contributed by atoms with van der Waals surface area (Å²) in [7, 11) is -30.7. The maximum absolute atomic E-state index is 12.7. The number of halogens is 2. The van der Waals surface area contributed by atoms with Crippen LogP contribution in [0.2, 0.25) is 5.28 Å². The Morgan fingerprint density at radius 3 is 1.79 bits per heavy atom. The van der Waals surface area contributed by atoms with Crippen molar-refractivity contribution in [2.75, 3.05) is 40.1 Å². The summed E-state index contributed by atoms with van der Waals surface area (Å²) in [5, 5.41) is 43.3. The van der Waals surface area contributed by atoms with Gasteiger partial charge in [0.25, 0.3) is 40.5 Å². The van der Waals surface area contributed by atoms with E-state index in [0.29, 0.717) is 18.2 Å². The molecule has 0 bridgehead atoms. The summed E-state index contributed by atoms with van der Waals surface area (Å²) >= 11 is 9.58. The number of carbonyl (C=O) groups excluding carboxylic acids is 1. The Bertz CT molecular complexity index is 4580. The number of sulfone groups is 1. The molecule has 6 aromatic carbocycles. The number of azo groups is 2. The Kier molecular flexibility index (Phi) is 18.3. The van der Waals surface area contributed by atoms with Crippen LogP contribution in [0.15, 0.2) is 130 Å². The quantitative estimate of drug-likeness (QED) is 0.0213. The Morgan fingerprint density at radius 1 is 0.610 bits per heavy atom. The fraction of sp³-hybridized carbons (Fsp3) is 0.100. The normalized spacial score (nSPS) is 13.3. The van der Waals surface area contributed by atoms with Gasteiger partial charge >= 0.3 is 10.4 Å². The van der Waals surface area contributed by atoms with E-state index in [1.54, 1.807) is 0 Å². The molecule has 0 aliphatic heterocycles. The molecule has 436 valence electrons. The summed E-state index contributed by atoms with van der Waals surface area (Å²) < 4.78 is 217. The van der Waals surface area contributed by atoms with Crippen LogP contribution in [0.4, 0.5) is 51.7 Å². The van der Waals surface area contributed by atoms with Gasteiger partial charge in [-0.25, -0.2) is 16.8 Å². The predicted octanol–water partition coefficient (Wildman–Crippen LogP) is 5.96. The van der Waals surface area contributed by atoms with Gasteiger partial charge in [0.1, 0.15) is 37.5 Å². The van der Waals surface area contributed by atoms with Crippen molar-refractivity contribution < 1.29 is 101 Å². The highest BCUT2D eigenvalue weighted by atomic mass is 35.5. The first-order valence-electron chi connectivity index (χ1n) is 21.3. The Hall–Kier alpha value is -7.13. The van der Waals surface area contributed by atoms with Crippen LogP contribution in [-0.2, 0) is 84.9 Å². The average molecular weight is 1320 g/mol. The van der Waals surface area contributed by atoms with Crippen LogP contribution >= 0.6 is 23.2 Å². The molecular weight excluding hydrogens is 1280 g/mol. The average Bonchev–Trinajstić information content (AvgIpc) is 1.53. The van der Waals surface area contributed by atoms with E-state index in [0.717, 1.165) is 54.6 Å². The Balaban J connectivity index is 1.23. The zero-order valence-corrected chi connectivity index (χ0v) is 47.0. The summed E-state index contributed by atoms with van der Waals surface area (Å²) in [5.41, 5.74) is -3.75. The molecule has 1 aromatic heterocycles. The molecule has 0 aliphatic carbocycles. The van der Waals surface area contributed by atoms with E-state index in [1.807, 2.05) is 0 Å². The molecular formula is C40H32Cl2N10O23S7. The molecule has 42 heteroatoms. The van der Waals surface area contributed by atoms with Crippen LogP contribution in [0, 0.1) is 0 Å². The topological polar surface area (TPSA) is 523 Å². The lowest BCUT2D eigenvalue weighted by Crippen LogP contribution is -2.21. The third-order valence-corrected chi connectivity index (χ3v) is 17.0. The van der Waals surface area contributed by atoms with Crippen LogP contribution < -0.4 is 16.0 Å². The second kappa shape index (κ2) is 24.0. The molecule has 82 heavy (non-hydrogen) atoms. The van der Waals surface area contributed by atoms with E-state index in [2.05, 4.69) is 55.5 Å². The van der Waals surface area contributed by atoms with E-state index < -0.39 is 176 Å². The molecule has 0 saturated carbocycles. The van der Waals surface area contributed by atoms with Gasteiger partial charge in [-0.2, -0.15) is 62.2 Å². The number of aromatic nitrogens is 3. The van der Waals surface area contributed by atoms with Gasteiger partial charge in [-0.3, -0.25) is 31.7 Å². The fourth-order valence-electron chi connectivity index (χ4n) is 6.92. The first kappa shape index (κ1) is 62.5. The van der Waals surface area contributed by atoms with Crippen LogP contribution in [0.3, 0.4) is 0 Å². The van der Waals surface area contributed by atoms with Gasteiger partial charge in [-0.15, -0.1) is 26.9 Å². The van der Waals surface area contributed by atoms with Crippen molar-refractivity contribution in [1.82, 2.24) is 15.0 Å². The molecule has 0 aliphatic rings. The largest absolute Gasteiger partial charge is 0.505 e. The number of aromatic hydroxyl groups is 2. The number of fused-ring (bicyclic) bond motifs is 2. The summed E-state index contributed by atoms with van der Waals surface area (Å²) in [6, 6.07) is 12.7. The number of phenols is 2. The zero-order chi connectivity index (χ0) is 60.5. The standard InChI is InChI=1S/C40H32Cl2N10O23S7/c41-9-10-74-76(56)17-32(53)43-23-4-8-29(79(62,63)64)27(15-23)50-52-34-30(80(65,66)67)13-19-11-22(3-7-26(19)36(34)54)44-39-46-38(42)47-40(48-39)45-28-16-25(78(59,60)61)12-20-14-31(81(68,69)70)35(37(55)33(20)28)51-49-21-1-5-24(6-2-21)77(57,58)18-75-82(71,72)73/h1-8,11-16,54-55H,9-10,17-18H2,(H,43,53)(H,59,60,61)(H,62,63,64)(H,65,66,67)(H,68,69,70)(H,71,72,73)(H2,44,45,46,47,48). The highest BCUT2D eigenvalue weighted by Gasteiger charge is 2.28. The van der Waals surface area contributed by atoms with Crippen LogP contribution in [0.5, 0.6) is 11.5 Å². The second-order valence-corrected chi connectivity index (χ2v) is 26.4. The molecule has 0 fully saturated rings. The first-order valence-corrected chi connectivity index (χ1v) is 32.2. The van der Waals surface area contributed by atoms with Crippen molar-refractivity contribution in [2.45, 2.75) is 24.5 Å². The van der Waals surface area contributed by atoms with Crippen molar-refractivity contribution in [3.05, 3.63) is 90.2 Å². The fourth-order valence-corrected chi connectivity index (χ4v) is 12.0.